The predicted octanol–water partition coefficient (Wildman–Crippen LogP) is 2.66. The molecule has 0 aromatic heterocycles. The molecule has 1 aliphatic carbocycles. The van der Waals surface area contributed by atoms with Crippen molar-refractivity contribution in [3.05, 3.63) is 29.8 Å². The van der Waals surface area contributed by atoms with E-state index in [1.54, 1.807) is 7.11 Å². The average molecular weight is 316 g/mol. The summed E-state index contributed by atoms with van der Waals surface area (Å²) < 4.78 is 5.24. The van der Waals surface area contributed by atoms with Crippen molar-refractivity contribution in [1.82, 2.24) is 10.6 Å². The van der Waals surface area contributed by atoms with Gasteiger partial charge in [-0.05, 0) is 55.7 Å². The van der Waals surface area contributed by atoms with Crippen molar-refractivity contribution in [2.24, 2.45) is 5.92 Å². The van der Waals surface area contributed by atoms with Gasteiger partial charge in [0.25, 0.3) is 0 Å². The Balaban J connectivity index is 1.38. The number of methoxy groups -OCH3 is 1. The summed E-state index contributed by atoms with van der Waals surface area (Å²) in [5.41, 5.74) is 1.25. The average Bonchev–Trinajstić information content (AvgIpc) is 3.03. The first-order valence-electron chi connectivity index (χ1n) is 8.93. The third kappa shape index (κ3) is 4.25. The number of fused-ring (bicyclic) bond motifs is 1. The topological polar surface area (TPSA) is 50.4 Å². The summed E-state index contributed by atoms with van der Waals surface area (Å²) in [4.78, 5) is 12.3. The van der Waals surface area contributed by atoms with Gasteiger partial charge in [-0.1, -0.05) is 25.0 Å². The molecule has 0 radical (unpaired) electrons. The monoisotopic (exact) mass is 316 g/mol. The number of amides is 1. The molecule has 1 aromatic carbocycles. The lowest BCUT2D eigenvalue weighted by Gasteiger charge is -2.24. The number of rotatable bonds is 6. The Morgan fingerprint density at radius 3 is 3.04 bits per heavy atom. The van der Waals surface area contributed by atoms with Crippen LogP contribution in [0.3, 0.4) is 0 Å². The van der Waals surface area contributed by atoms with Gasteiger partial charge < -0.3 is 15.4 Å². The van der Waals surface area contributed by atoms with Gasteiger partial charge in [0, 0.05) is 12.6 Å². The van der Waals surface area contributed by atoms with E-state index in [0.29, 0.717) is 6.04 Å². The van der Waals surface area contributed by atoms with Crippen LogP contribution >= 0.6 is 0 Å². The van der Waals surface area contributed by atoms with Crippen molar-refractivity contribution in [2.75, 3.05) is 13.7 Å². The Hall–Kier alpha value is -1.55. The zero-order valence-corrected chi connectivity index (χ0v) is 14.0. The van der Waals surface area contributed by atoms with Crippen molar-refractivity contribution in [1.29, 1.82) is 0 Å². The maximum atomic E-state index is 12.3. The van der Waals surface area contributed by atoms with Crippen LogP contribution in [0.5, 0.6) is 5.75 Å². The molecule has 1 amide bonds. The molecule has 4 nitrogen and oxygen atoms in total. The van der Waals surface area contributed by atoms with Gasteiger partial charge in [0.05, 0.1) is 13.2 Å². The van der Waals surface area contributed by atoms with Crippen LogP contribution in [0.4, 0.5) is 0 Å². The van der Waals surface area contributed by atoms with Crippen molar-refractivity contribution in [3.63, 3.8) is 0 Å². The van der Waals surface area contributed by atoms with Gasteiger partial charge in [-0.2, -0.15) is 0 Å². The standard InChI is InChI=1S/C19H28N2O2/c1-23-16-9-4-6-14(12-16)7-5-11-20-19(22)18-13-15-8-2-3-10-17(15)21-18/h4,6,9,12,15,17-18,21H,2-3,5,7-8,10-11,13H2,1H3,(H,20,22). The number of nitrogens with one attached hydrogen (secondary N) is 2. The van der Waals surface area contributed by atoms with Gasteiger partial charge >= 0.3 is 0 Å². The molecule has 1 saturated heterocycles. The van der Waals surface area contributed by atoms with E-state index in [-0.39, 0.29) is 11.9 Å². The molecule has 1 aromatic rings. The number of carbonyl (C=O) groups is 1. The highest BCUT2D eigenvalue weighted by Gasteiger charge is 2.37. The molecule has 1 saturated carbocycles. The SMILES string of the molecule is COc1cccc(CCCNC(=O)C2CC3CCCCC3N2)c1. The summed E-state index contributed by atoms with van der Waals surface area (Å²) in [5.74, 6) is 1.80. The molecule has 3 unspecified atom stereocenters. The molecule has 126 valence electrons. The van der Waals surface area contributed by atoms with Crippen molar-refractivity contribution < 1.29 is 9.53 Å². The lowest BCUT2D eigenvalue weighted by Crippen LogP contribution is -2.43. The van der Waals surface area contributed by atoms with E-state index < -0.39 is 0 Å². The fourth-order valence-corrected chi connectivity index (χ4v) is 3.98. The molecule has 3 rings (SSSR count). The summed E-state index contributed by atoms with van der Waals surface area (Å²) >= 11 is 0. The molecule has 2 fully saturated rings. The largest absolute Gasteiger partial charge is 0.497 e. The molecule has 2 N–H and O–H groups in total. The first-order valence-corrected chi connectivity index (χ1v) is 8.93. The molecule has 1 heterocycles. The van der Waals surface area contributed by atoms with Crippen LogP contribution in [-0.2, 0) is 11.2 Å². The van der Waals surface area contributed by atoms with Crippen LogP contribution < -0.4 is 15.4 Å². The van der Waals surface area contributed by atoms with Gasteiger partial charge in [-0.25, -0.2) is 0 Å². The molecule has 2 aliphatic rings. The van der Waals surface area contributed by atoms with Gasteiger partial charge in [0.2, 0.25) is 5.91 Å². The van der Waals surface area contributed by atoms with E-state index in [1.807, 2.05) is 12.1 Å². The summed E-state index contributed by atoms with van der Waals surface area (Å²) in [5, 5.41) is 6.64. The Bertz CT molecular complexity index is 518. The van der Waals surface area contributed by atoms with E-state index in [9.17, 15) is 4.79 Å². The molecule has 0 bridgehead atoms. The highest BCUT2D eigenvalue weighted by Crippen LogP contribution is 2.33. The molecular weight excluding hydrogens is 288 g/mol. The van der Waals surface area contributed by atoms with Crippen LogP contribution in [0.2, 0.25) is 0 Å². The van der Waals surface area contributed by atoms with Gasteiger partial charge in [-0.3, -0.25) is 4.79 Å². The maximum Gasteiger partial charge on any atom is 0.237 e. The Morgan fingerprint density at radius 2 is 2.22 bits per heavy atom. The van der Waals surface area contributed by atoms with Crippen LogP contribution in [-0.4, -0.2) is 31.6 Å². The number of benzene rings is 1. The van der Waals surface area contributed by atoms with E-state index in [1.165, 1.54) is 31.2 Å². The third-order valence-corrected chi connectivity index (χ3v) is 5.25. The molecule has 1 aliphatic heterocycles. The summed E-state index contributed by atoms with van der Waals surface area (Å²) in [6.45, 7) is 0.740. The van der Waals surface area contributed by atoms with Gasteiger partial charge in [0.15, 0.2) is 0 Å². The summed E-state index contributed by atoms with van der Waals surface area (Å²) in [7, 11) is 1.69. The van der Waals surface area contributed by atoms with Gasteiger partial charge in [0.1, 0.15) is 5.75 Å². The molecular formula is C19H28N2O2. The second-order valence-corrected chi connectivity index (χ2v) is 6.85. The van der Waals surface area contributed by atoms with Crippen molar-refractivity contribution >= 4 is 5.91 Å². The smallest absolute Gasteiger partial charge is 0.237 e. The normalized spacial score (nSPS) is 26.6. The maximum absolute atomic E-state index is 12.3. The number of carbonyl (C=O) groups excluding carboxylic acids is 1. The van der Waals surface area contributed by atoms with E-state index in [2.05, 4.69) is 22.8 Å². The minimum atomic E-state index is 0.0277. The Labute approximate surface area is 139 Å². The highest BCUT2D eigenvalue weighted by atomic mass is 16.5. The predicted molar refractivity (Wildman–Crippen MR) is 91.6 cm³/mol. The number of ether oxygens (including phenoxy) is 1. The fourth-order valence-electron chi connectivity index (χ4n) is 3.98. The van der Waals surface area contributed by atoms with E-state index in [0.717, 1.165) is 37.5 Å². The minimum absolute atomic E-state index is 0.0277. The zero-order valence-electron chi connectivity index (χ0n) is 14.0. The lowest BCUT2D eigenvalue weighted by molar-refractivity contribution is -0.122. The second-order valence-electron chi connectivity index (χ2n) is 6.85. The van der Waals surface area contributed by atoms with Gasteiger partial charge in [-0.15, -0.1) is 0 Å². The number of hydrogen-bond acceptors (Lipinski definition) is 3. The van der Waals surface area contributed by atoms with Crippen LogP contribution in [0.25, 0.3) is 0 Å². The quantitative estimate of drug-likeness (QED) is 0.793. The molecule has 4 heteroatoms. The van der Waals surface area contributed by atoms with Crippen LogP contribution in [0.1, 0.15) is 44.1 Å². The van der Waals surface area contributed by atoms with E-state index >= 15 is 0 Å². The van der Waals surface area contributed by atoms with Crippen molar-refractivity contribution in [3.8, 4) is 5.75 Å². The molecule has 3 atom stereocenters. The third-order valence-electron chi connectivity index (χ3n) is 5.25. The molecule has 0 spiro atoms. The Morgan fingerprint density at radius 1 is 1.35 bits per heavy atom. The number of aryl methyl sites for hydroxylation is 1. The first kappa shape index (κ1) is 16.3. The highest BCUT2D eigenvalue weighted by molar-refractivity contribution is 5.82. The van der Waals surface area contributed by atoms with E-state index in [4.69, 9.17) is 4.74 Å². The summed E-state index contributed by atoms with van der Waals surface area (Å²) in [6.07, 6.45) is 8.11. The Kier molecular flexibility index (Phi) is 5.55. The fraction of sp³-hybridized carbons (Fsp3) is 0.632. The zero-order chi connectivity index (χ0) is 16.1. The lowest BCUT2D eigenvalue weighted by atomic mass is 9.85. The number of hydrogen-bond donors (Lipinski definition) is 2. The second kappa shape index (κ2) is 7.82. The summed E-state index contributed by atoms with van der Waals surface area (Å²) in [6, 6.07) is 8.74. The van der Waals surface area contributed by atoms with Crippen LogP contribution in [0, 0.1) is 5.92 Å². The first-order chi connectivity index (χ1) is 11.3. The minimum Gasteiger partial charge on any atom is -0.497 e. The molecule has 23 heavy (non-hydrogen) atoms. The van der Waals surface area contributed by atoms with Crippen LogP contribution in [0.15, 0.2) is 24.3 Å². The van der Waals surface area contributed by atoms with Crippen molar-refractivity contribution in [2.45, 2.75) is 57.0 Å².